The van der Waals surface area contributed by atoms with Gasteiger partial charge in [-0.15, -0.1) is 0 Å². The Hall–Kier alpha value is -2.38. The fourth-order valence-corrected chi connectivity index (χ4v) is 3.49. The minimum Gasteiger partial charge on any atom is -0.497 e. The fourth-order valence-electron chi connectivity index (χ4n) is 3.49. The number of hydrogen-bond donors (Lipinski definition) is 2. The number of piperidine rings is 1. The fraction of sp³-hybridized carbons (Fsp3) is 0.500. The quantitative estimate of drug-likeness (QED) is 0.800. The van der Waals surface area contributed by atoms with E-state index in [0.29, 0.717) is 19.5 Å². The van der Waals surface area contributed by atoms with Crippen LogP contribution in [-0.4, -0.2) is 53.4 Å². The van der Waals surface area contributed by atoms with E-state index in [-0.39, 0.29) is 18.4 Å². The number of aromatic nitrogens is 1. The maximum Gasteiger partial charge on any atom is 0.224 e. The number of aliphatic hydroxyl groups is 1. The van der Waals surface area contributed by atoms with Gasteiger partial charge in [-0.2, -0.15) is 0 Å². The highest BCUT2D eigenvalue weighted by molar-refractivity contribution is 5.79. The number of nitrogens with zero attached hydrogens (tertiary/aromatic N) is 2. The number of aryl methyl sites for hydroxylation is 2. The molecule has 1 aliphatic rings. The molecule has 1 aromatic carbocycles. The van der Waals surface area contributed by atoms with Crippen LogP contribution in [0.2, 0.25) is 0 Å². The third-order valence-corrected chi connectivity index (χ3v) is 5.07. The topological polar surface area (TPSA) is 87.8 Å². The van der Waals surface area contributed by atoms with Gasteiger partial charge < -0.3 is 19.7 Å². The third kappa shape index (κ3) is 4.87. The molecule has 1 fully saturated rings. The van der Waals surface area contributed by atoms with Crippen LogP contribution in [0.1, 0.15) is 29.0 Å². The van der Waals surface area contributed by atoms with Gasteiger partial charge in [0.05, 0.1) is 31.4 Å². The van der Waals surface area contributed by atoms with E-state index in [2.05, 4.69) is 15.4 Å². The summed E-state index contributed by atoms with van der Waals surface area (Å²) in [5.41, 5.74) is 2.84. The Labute approximate surface area is 159 Å². The molecule has 0 spiro atoms. The Morgan fingerprint density at radius 1 is 1.44 bits per heavy atom. The zero-order valence-electron chi connectivity index (χ0n) is 16.1. The van der Waals surface area contributed by atoms with Crippen molar-refractivity contribution in [1.82, 2.24) is 15.4 Å². The van der Waals surface area contributed by atoms with Gasteiger partial charge in [0.1, 0.15) is 11.5 Å². The van der Waals surface area contributed by atoms with Crippen LogP contribution in [0.4, 0.5) is 0 Å². The normalized spacial score (nSPS) is 20.4. The Balaban J connectivity index is 1.51. The molecule has 0 saturated carbocycles. The molecule has 0 radical (unpaired) electrons. The summed E-state index contributed by atoms with van der Waals surface area (Å²) in [4.78, 5) is 14.5. The van der Waals surface area contributed by atoms with E-state index < -0.39 is 6.10 Å². The number of rotatable bonds is 6. The molecule has 2 aromatic rings. The number of ether oxygens (including phenoxy) is 1. The number of likely N-dealkylation sites (tertiary alicyclic amines) is 1. The van der Waals surface area contributed by atoms with Crippen LogP contribution in [0.25, 0.3) is 0 Å². The monoisotopic (exact) mass is 373 g/mol. The lowest BCUT2D eigenvalue weighted by atomic mass is 10.0. The van der Waals surface area contributed by atoms with Gasteiger partial charge in [0.2, 0.25) is 5.91 Å². The second-order valence-corrected chi connectivity index (χ2v) is 7.10. The minimum atomic E-state index is -0.603. The van der Waals surface area contributed by atoms with Crippen molar-refractivity contribution in [3.05, 3.63) is 46.8 Å². The zero-order chi connectivity index (χ0) is 19.4. The number of methoxy groups -OCH3 is 1. The van der Waals surface area contributed by atoms with Gasteiger partial charge in [-0.05, 0) is 38.0 Å². The van der Waals surface area contributed by atoms with Crippen LogP contribution in [0.3, 0.4) is 0 Å². The van der Waals surface area contributed by atoms with Crippen LogP contribution in [0.5, 0.6) is 5.75 Å². The molecule has 0 bridgehead atoms. The van der Waals surface area contributed by atoms with E-state index in [1.54, 1.807) is 7.11 Å². The molecule has 0 unspecified atom stereocenters. The highest BCUT2D eigenvalue weighted by atomic mass is 16.5. The van der Waals surface area contributed by atoms with E-state index in [9.17, 15) is 9.90 Å². The van der Waals surface area contributed by atoms with E-state index in [1.165, 1.54) is 0 Å². The molecule has 3 rings (SSSR count). The summed E-state index contributed by atoms with van der Waals surface area (Å²) in [6.45, 7) is 5.83. The molecule has 1 aromatic heterocycles. The smallest absolute Gasteiger partial charge is 0.224 e. The van der Waals surface area contributed by atoms with Gasteiger partial charge in [-0.1, -0.05) is 17.3 Å². The lowest BCUT2D eigenvalue weighted by Gasteiger charge is -2.36. The predicted octanol–water partition coefficient (Wildman–Crippen LogP) is 1.59. The average molecular weight is 373 g/mol. The molecular formula is C20H27N3O4. The van der Waals surface area contributed by atoms with Crippen molar-refractivity contribution in [3.8, 4) is 5.75 Å². The summed E-state index contributed by atoms with van der Waals surface area (Å²) in [5.74, 6) is 1.45. The molecule has 7 nitrogen and oxygen atoms in total. The summed E-state index contributed by atoms with van der Waals surface area (Å²) in [6, 6.07) is 7.22. The molecule has 2 atom stereocenters. The zero-order valence-corrected chi connectivity index (χ0v) is 16.1. The van der Waals surface area contributed by atoms with Crippen molar-refractivity contribution >= 4 is 5.91 Å². The van der Waals surface area contributed by atoms with E-state index in [1.807, 2.05) is 38.1 Å². The Morgan fingerprint density at radius 2 is 2.26 bits per heavy atom. The molecule has 27 heavy (non-hydrogen) atoms. The van der Waals surface area contributed by atoms with Gasteiger partial charge in [0.15, 0.2) is 0 Å². The maximum absolute atomic E-state index is 12.4. The van der Waals surface area contributed by atoms with Crippen LogP contribution < -0.4 is 10.1 Å². The lowest BCUT2D eigenvalue weighted by molar-refractivity contribution is -0.122. The first-order valence-corrected chi connectivity index (χ1v) is 9.20. The van der Waals surface area contributed by atoms with Crippen LogP contribution >= 0.6 is 0 Å². The molecule has 146 valence electrons. The minimum absolute atomic E-state index is 0.0912. The molecule has 1 saturated heterocycles. The van der Waals surface area contributed by atoms with Gasteiger partial charge in [0.25, 0.3) is 0 Å². The second kappa shape index (κ2) is 8.54. The Bertz CT molecular complexity index is 770. The SMILES string of the molecule is COc1cccc(CC(=O)N[C@@H]2CCN(Cc3c(C)noc3C)C[C@H]2O)c1. The Kier molecular flexibility index (Phi) is 6.13. The first-order valence-electron chi connectivity index (χ1n) is 9.20. The second-order valence-electron chi connectivity index (χ2n) is 7.10. The highest BCUT2D eigenvalue weighted by Crippen LogP contribution is 2.19. The standard InChI is InChI=1S/C20H27N3O4/c1-13-17(14(2)27-22-13)11-23-8-7-18(19(24)12-23)21-20(25)10-15-5-4-6-16(9-15)26-3/h4-6,9,18-19,24H,7-8,10-12H2,1-3H3,(H,21,25)/t18-,19-/m1/s1. The van der Waals surface area contributed by atoms with Crippen molar-refractivity contribution in [2.24, 2.45) is 0 Å². The number of nitrogens with one attached hydrogen (secondary N) is 1. The van der Waals surface area contributed by atoms with Crippen LogP contribution in [0.15, 0.2) is 28.8 Å². The van der Waals surface area contributed by atoms with E-state index >= 15 is 0 Å². The number of benzene rings is 1. The summed E-state index contributed by atoms with van der Waals surface area (Å²) in [5, 5.41) is 17.4. The number of β-amino-alcohol motifs (C(OH)–C–C–N with tert-alkyl or cyclic N) is 1. The predicted molar refractivity (Wildman–Crippen MR) is 101 cm³/mol. The van der Waals surface area contributed by atoms with Crippen LogP contribution in [0, 0.1) is 13.8 Å². The molecule has 2 heterocycles. The van der Waals surface area contributed by atoms with Crippen molar-refractivity contribution < 1.29 is 19.2 Å². The summed E-state index contributed by atoms with van der Waals surface area (Å²) in [6.07, 6.45) is 0.367. The van der Waals surface area contributed by atoms with E-state index in [0.717, 1.165) is 34.9 Å². The number of carbonyl (C=O) groups excluding carboxylic acids is 1. The molecule has 1 aliphatic heterocycles. The number of carbonyl (C=O) groups is 1. The number of hydrogen-bond acceptors (Lipinski definition) is 6. The van der Waals surface area contributed by atoms with E-state index in [4.69, 9.17) is 9.26 Å². The first-order chi connectivity index (χ1) is 13.0. The van der Waals surface area contributed by atoms with Gasteiger partial charge >= 0.3 is 0 Å². The summed E-state index contributed by atoms with van der Waals surface area (Å²) < 4.78 is 10.4. The van der Waals surface area contributed by atoms with Gasteiger partial charge in [0, 0.05) is 25.2 Å². The molecule has 2 N–H and O–H groups in total. The summed E-state index contributed by atoms with van der Waals surface area (Å²) >= 11 is 0. The third-order valence-electron chi connectivity index (χ3n) is 5.07. The number of aliphatic hydroxyl groups excluding tert-OH is 1. The molecule has 0 aliphatic carbocycles. The number of amides is 1. The molecule has 1 amide bonds. The molecular weight excluding hydrogens is 346 g/mol. The van der Waals surface area contributed by atoms with Crippen molar-refractivity contribution in [2.75, 3.05) is 20.2 Å². The highest BCUT2D eigenvalue weighted by Gasteiger charge is 2.29. The Morgan fingerprint density at radius 3 is 2.93 bits per heavy atom. The van der Waals surface area contributed by atoms with Crippen molar-refractivity contribution in [2.45, 2.75) is 45.4 Å². The largest absolute Gasteiger partial charge is 0.497 e. The van der Waals surface area contributed by atoms with Crippen molar-refractivity contribution in [3.63, 3.8) is 0 Å². The van der Waals surface area contributed by atoms with Crippen LogP contribution in [-0.2, 0) is 17.8 Å². The van der Waals surface area contributed by atoms with Gasteiger partial charge in [-0.25, -0.2) is 0 Å². The molecule has 7 heteroatoms. The average Bonchev–Trinajstić information content (AvgIpc) is 2.96. The lowest BCUT2D eigenvalue weighted by Crippen LogP contribution is -2.54. The van der Waals surface area contributed by atoms with Crippen molar-refractivity contribution in [1.29, 1.82) is 0 Å². The first kappa shape index (κ1) is 19.4. The maximum atomic E-state index is 12.4. The summed E-state index contributed by atoms with van der Waals surface area (Å²) in [7, 11) is 1.60. The van der Waals surface area contributed by atoms with Gasteiger partial charge in [-0.3, -0.25) is 9.69 Å².